The first-order valence-electron chi connectivity index (χ1n) is 6.50. The third-order valence-electron chi connectivity index (χ3n) is 3.58. The molecule has 2 unspecified atom stereocenters. The number of hydrogen-bond donors (Lipinski definition) is 1. The summed E-state index contributed by atoms with van der Waals surface area (Å²) in [5.74, 6) is 1.34. The van der Waals surface area contributed by atoms with E-state index < -0.39 is 15.9 Å². The molecule has 0 saturated carbocycles. The second-order valence-corrected chi connectivity index (χ2v) is 7.40. The van der Waals surface area contributed by atoms with Crippen molar-refractivity contribution < 1.29 is 18.3 Å². The lowest BCUT2D eigenvalue weighted by Crippen LogP contribution is -2.17. The monoisotopic (exact) mass is 284 g/mol. The van der Waals surface area contributed by atoms with Gasteiger partial charge < -0.3 is 9.84 Å². The first kappa shape index (κ1) is 14.3. The van der Waals surface area contributed by atoms with Crippen molar-refractivity contribution in [2.24, 2.45) is 5.92 Å². The number of benzene rings is 1. The van der Waals surface area contributed by atoms with Crippen LogP contribution in [0.5, 0.6) is 5.75 Å². The van der Waals surface area contributed by atoms with Crippen molar-refractivity contribution in [1.82, 2.24) is 0 Å². The number of hydrogen-bond acceptors (Lipinski definition) is 4. The zero-order valence-corrected chi connectivity index (χ0v) is 11.9. The number of para-hydroxylation sites is 1. The highest BCUT2D eigenvalue weighted by atomic mass is 32.2. The van der Waals surface area contributed by atoms with Crippen LogP contribution in [0.25, 0.3) is 0 Å². The van der Waals surface area contributed by atoms with Gasteiger partial charge in [0.15, 0.2) is 9.84 Å². The van der Waals surface area contributed by atoms with Crippen LogP contribution in [0.2, 0.25) is 0 Å². The van der Waals surface area contributed by atoms with Crippen molar-refractivity contribution >= 4 is 9.84 Å². The Hall–Kier alpha value is -1.07. The van der Waals surface area contributed by atoms with E-state index in [-0.39, 0.29) is 17.4 Å². The zero-order valence-electron chi connectivity index (χ0n) is 11.1. The number of rotatable bonds is 5. The summed E-state index contributed by atoms with van der Waals surface area (Å²) in [6, 6.07) is 7.58. The lowest BCUT2D eigenvalue weighted by Gasteiger charge is -2.16. The molecular formula is C14H20O4S. The fourth-order valence-corrected chi connectivity index (χ4v) is 4.53. The Bertz CT molecular complexity index is 524. The second-order valence-electron chi connectivity index (χ2n) is 5.17. The average Bonchev–Trinajstić information content (AvgIpc) is 2.69. The molecule has 1 aliphatic rings. The zero-order chi connectivity index (χ0) is 13.9. The Kier molecular flexibility index (Phi) is 4.47. The topological polar surface area (TPSA) is 63.6 Å². The van der Waals surface area contributed by atoms with Crippen LogP contribution in [0.15, 0.2) is 24.3 Å². The van der Waals surface area contributed by atoms with Gasteiger partial charge in [-0.25, -0.2) is 8.42 Å². The van der Waals surface area contributed by atoms with Crippen LogP contribution in [0.1, 0.15) is 18.4 Å². The van der Waals surface area contributed by atoms with Gasteiger partial charge in [-0.3, -0.25) is 0 Å². The van der Waals surface area contributed by atoms with Gasteiger partial charge in [0.2, 0.25) is 0 Å². The maximum Gasteiger partial charge on any atom is 0.150 e. The minimum atomic E-state index is -2.86. The van der Waals surface area contributed by atoms with E-state index in [2.05, 4.69) is 0 Å². The van der Waals surface area contributed by atoms with Gasteiger partial charge in [-0.2, -0.15) is 0 Å². The predicted molar refractivity (Wildman–Crippen MR) is 74.1 cm³/mol. The van der Waals surface area contributed by atoms with Gasteiger partial charge in [-0.1, -0.05) is 18.2 Å². The average molecular weight is 284 g/mol. The highest BCUT2D eigenvalue weighted by Crippen LogP contribution is 2.26. The molecule has 1 aromatic rings. The van der Waals surface area contributed by atoms with E-state index in [1.165, 1.54) is 0 Å². The Balaban J connectivity index is 1.93. The molecule has 1 heterocycles. The van der Waals surface area contributed by atoms with Crippen LogP contribution >= 0.6 is 0 Å². The molecule has 2 rings (SSSR count). The van der Waals surface area contributed by atoms with Gasteiger partial charge in [0, 0.05) is 6.42 Å². The number of aliphatic hydroxyl groups excluding tert-OH is 1. The molecule has 5 heteroatoms. The number of aliphatic hydroxyl groups is 1. The van der Waals surface area contributed by atoms with Gasteiger partial charge in [0.05, 0.1) is 24.7 Å². The van der Waals surface area contributed by atoms with Crippen LogP contribution in [0.4, 0.5) is 0 Å². The Labute approximate surface area is 114 Å². The summed E-state index contributed by atoms with van der Waals surface area (Å²) in [6.45, 7) is 0. The van der Waals surface area contributed by atoms with Gasteiger partial charge in [-0.05, 0) is 30.4 Å². The first-order valence-corrected chi connectivity index (χ1v) is 8.32. The molecule has 0 amide bonds. The van der Waals surface area contributed by atoms with E-state index in [1.807, 2.05) is 24.3 Å². The summed E-state index contributed by atoms with van der Waals surface area (Å²) in [5.41, 5.74) is 0.957. The molecule has 2 atom stereocenters. The highest BCUT2D eigenvalue weighted by Gasteiger charge is 2.29. The van der Waals surface area contributed by atoms with Crippen LogP contribution in [-0.2, 0) is 16.3 Å². The molecule has 4 nitrogen and oxygen atoms in total. The van der Waals surface area contributed by atoms with Gasteiger partial charge in [0.25, 0.3) is 0 Å². The maximum absolute atomic E-state index is 11.4. The Morgan fingerprint density at radius 1 is 1.42 bits per heavy atom. The largest absolute Gasteiger partial charge is 0.496 e. The predicted octanol–water partition coefficient (Wildman–Crippen LogP) is 1.42. The van der Waals surface area contributed by atoms with Crippen molar-refractivity contribution in [3.63, 3.8) is 0 Å². The normalized spacial score (nSPS) is 23.2. The third kappa shape index (κ3) is 3.94. The Morgan fingerprint density at radius 3 is 2.79 bits per heavy atom. The van der Waals surface area contributed by atoms with Crippen molar-refractivity contribution in [1.29, 1.82) is 0 Å². The third-order valence-corrected chi connectivity index (χ3v) is 5.42. The summed E-state index contributed by atoms with van der Waals surface area (Å²) >= 11 is 0. The quantitative estimate of drug-likeness (QED) is 0.888. The minimum absolute atomic E-state index is 0.0923. The fraction of sp³-hybridized carbons (Fsp3) is 0.571. The standard InChI is InChI=1S/C14H20O4S/c1-18-14-5-3-2-4-12(14)9-13(15)8-11-6-7-19(16,17)10-11/h2-5,11,13,15H,6-10H2,1H3. The summed E-state index contributed by atoms with van der Waals surface area (Å²) < 4.78 is 28.0. The Morgan fingerprint density at radius 2 is 2.16 bits per heavy atom. The highest BCUT2D eigenvalue weighted by molar-refractivity contribution is 7.91. The molecule has 106 valence electrons. The van der Waals surface area contributed by atoms with E-state index in [0.29, 0.717) is 19.3 Å². The molecule has 1 N–H and O–H groups in total. The van der Waals surface area contributed by atoms with Crippen LogP contribution < -0.4 is 4.74 Å². The van der Waals surface area contributed by atoms with Crippen LogP contribution in [0.3, 0.4) is 0 Å². The number of methoxy groups -OCH3 is 1. The minimum Gasteiger partial charge on any atom is -0.496 e. The summed E-state index contributed by atoms with van der Waals surface area (Å²) in [5, 5.41) is 10.1. The molecule has 0 radical (unpaired) electrons. The van der Waals surface area contributed by atoms with Gasteiger partial charge in [-0.15, -0.1) is 0 Å². The molecule has 0 bridgehead atoms. The smallest absolute Gasteiger partial charge is 0.150 e. The van der Waals surface area contributed by atoms with Gasteiger partial charge >= 0.3 is 0 Å². The fourth-order valence-electron chi connectivity index (χ4n) is 2.65. The van der Waals surface area contributed by atoms with E-state index >= 15 is 0 Å². The molecular weight excluding hydrogens is 264 g/mol. The van der Waals surface area contributed by atoms with Crippen LogP contribution in [-0.4, -0.2) is 38.2 Å². The van der Waals surface area contributed by atoms with E-state index in [9.17, 15) is 13.5 Å². The van der Waals surface area contributed by atoms with E-state index in [0.717, 1.165) is 11.3 Å². The van der Waals surface area contributed by atoms with Crippen molar-refractivity contribution in [2.75, 3.05) is 18.6 Å². The lowest BCUT2D eigenvalue weighted by atomic mass is 9.96. The molecule has 1 saturated heterocycles. The van der Waals surface area contributed by atoms with Crippen molar-refractivity contribution in [3.8, 4) is 5.75 Å². The molecule has 19 heavy (non-hydrogen) atoms. The molecule has 0 aliphatic carbocycles. The molecule has 1 aromatic carbocycles. The van der Waals surface area contributed by atoms with Crippen molar-refractivity contribution in [3.05, 3.63) is 29.8 Å². The SMILES string of the molecule is COc1ccccc1CC(O)CC1CCS(=O)(=O)C1. The molecule has 0 aromatic heterocycles. The first-order chi connectivity index (χ1) is 9.00. The molecule has 1 aliphatic heterocycles. The summed E-state index contributed by atoms with van der Waals surface area (Å²) in [7, 11) is -1.26. The molecule has 0 spiro atoms. The van der Waals surface area contributed by atoms with E-state index in [4.69, 9.17) is 4.74 Å². The number of ether oxygens (including phenoxy) is 1. The molecule has 1 fully saturated rings. The second kappa shape index (κ2) is 5.92. The summed E-state index contributed by atoms with van der Waals surface area (Å²) in [4.78, 5) is 0. The summed E-state index contributed by atoms with van der Waals surface area (Å²) in [6.07, 6.45) is 1.19. The van der Waals surface area contributed by atoms with Gasteiger partial charge in [0.1, 0.15) is 5.75 Å². The lowest BCUT2D eigenvalue weighted by molar-refractivity contribution is 0.146. The van der Waals surface area contributed by atoms with Crippen LogP contribution in [0, 0.1) is 5.92 Å². The van der Waals surface area contributed by atoms with E-state index in [1.54, 1.807) is 7.11 Å². The number of sulfone groups is 1. The maximum atomic E-state index is 11.4. The van der Waals surface area contributed by atoms with Crippen molar-refractivity contribution in [2.45, 2.75) is 25.4 Å².